The number of nitrogens with zero attached hydrogens (tertiary/aromatic N) is 3. The Morgan fingerprint density at radius 2 is 1.74 bits per heavy atom. The van der Waals surface area contributed by atoms with Gasteiger partial charge in [-0.3, -0.25) is 0 Å². The molecule has 0 bridgehead atoms. The summed E-state index contributed by atoms with van der Waals surface area (Å²) in [5.41, 5.74) is 13.9. The molecule has 4 nitrogen and oxygen atoms in total. The Labute approximate surface area is 137 Å². The topological polar surface area (TPSA) is 56.7 Å². The fraction of sp³-hybridized carbons (Fsp3) is 0.263. The van der Waals surface area contributed by atoms with Crippen molar-refractivity contribution in [2.45, 2.75) is 33.9 Å². The molecule has 0 unspecified atom stereocenters. The SMILES string of the molecule is Cc1ccc(-c2c(CN)nnn2Cc2ccccc2C)cc1C. The molecular weight excluding hydrogens is 284 g/mol. The van der Waals surface area contributed by atoms with Crippen LogP contribution in [0.15, 0.2) is 42.5 Å². The summed E-state index contributed by atoms with van der Waals surface area (Å²) in [6, 6.07) is 14.8. The summed E-state index contributed by atoms with van der Waals surface area (Å²) in [4.78, 5) is 0. The van der Waals surface area contributed by atoms with Crippen LogP contribution in [0.2, 0.25) is 0 Å². The second kappa shape index (κ2) is 6.34. The highest BCUT2D eigenvalue weighted by Gasteiger charge is 2.15. The summed E-state index contributed by atoms with van der Waals surface area (Å²) in [5.74, 6) is 0. The van der Waals surface area contributed by atoms with Crippen molar-refractivity contribution in [3.05, 3.63) is 70.4 Å². The zero-order valence-electron chi connectivity index (χ0n) is 13.9. The van der Waals surface area contributed by atoms with Crippen LogP contribution in [0, 0.1) is 20.8 Å². The lowest BCUT2D eigenvalue weighted by Gasteiger charge is -2.11. The van der Waals surface area contributed by atoms with Crippen molar-refractivity contribution in [1.82, 2.24) is 15.0 Å². The molecule has 0 spiro atoms. The van der Waals surface area contributed by atoms with Crippen LogP contribution < -0.4 is 5.73 Å². The Balaban J connectivity index is 2.07. The molecule has 3 rings (SSSR count). The monoisotopic (exact) mass is 306 g/mol. The third-order valence-electron chi connectivity index (χ3n) is 4.36. The second-order valence-corrected chi connectivity index (χ2v) is 5.97. The number of rotatable bonds is 4. The molecule has 0 aliphatic rings. The quantitative estimate of drug-likeness (QED) is 0.804. The molecule has 0 amide bonds. The average molecular weight is 306 g/mol. The molecule has 1 heterocycles. The van der Waals surface area contributed by atoms with Gasteiger partial charge >= 0.3 is 0 Å². The van der Waals surface area contributed by atoms with Crippen LogP contribution in [0.1, 0.15) is 27.9 Å². The Morgan fingerprint density at radius 3 is 2.43 bits per heavy atom. The van der Waals surface area contributed by atoms with Crippen molar-refractivity contribution in [3.63, 3.8) is 0 Å². The molecule has 0 aliphatic carbocycles. The zero-order chi connectivity index (χ0) is 16.4. The largest absolute Gasteiger partial charge is 0.325 e. The van der Waals surface area contributed by atoms with Gasteiger partial charge in [0.25, 0.3) is 0 Å². The van der Waals surface area contributed by atoms with E-state index in [0.29, 0.717) is 13.1 Å². The second-order valence-electron chi connectivity index (χ2n) is 5.97. The molecule has 2 aromatic carbocycles. The summed E-state index contributed by atoms with van der Waals surface area (Å²) >= 11 is 0. The van der Waals surface area contributed by atoms with E-state index in [-0.39, 0.29) is 0 Å². The molecule has 23 heavy (non-hydrogen) atoms. The van der Waals surface area contributed by atoms with Gasteiger partial charge in [-0.05, 0) is 49.1 Å². The maximum absolute atomic E-state index is 5.88. The normalized spacial score (nSPS) is 11.0. The number of benzene rings is 2. The Morgan fingerprint density at radius 1 is 0.957 bits per heavy atom. The summed E-state index contributed by atoms with van der Waals surface area (Å²) < 4.78 is 1.95. The van der Waals surface area contributed by atoms with E-state index in [9.17, 15) is 0 Å². The smallest absolute Gasteiger partial charge is 0.104 e. The maximum Gasteiger partial charge on any atom is 0.104 e. The first-order valence-electron chi connectivity index (χ1n) is 7.84. The number of hydrogen-bond donors (Lipinski definition) is 1. The standard InChI is InChI=1S/C19H22N4/c1-13-8-9-16(10-15(13)3)19-18(11-20)21-22-23(19)12-17-7-5-4-6-14(17)2/h4-10H,11-12,20H2,1-3H3. The van der Waals surface area contributed by atoms with E-state index in [2.05, 4.69) is 73.5 Å². The fourth-order valence-corrected chi connectivity index (χ4v) is 2.75. The van der Waals surface area contributed by atoms with Gasteiger partial charge in [-0.15, -0.1) is 5.10 Å². The van der Waals surface area contributed by atoms with E-state index in [1.54, 1.807) is 0 Å². The molecule has 4 heteroatoms. The van der Waals surface area contributed by atoms with Crippen LogP contribution in [0.3, 0.4) is 0 Å². The van der Waals surface area contributed by atoms with E-state index in [0.717, 1.165) is 17.0 Å². The van der Waals surface area contributed by atoms with Crippen molar-refractivity contribution in [2.75, 3.05) is 0 Å². The predicted octanol–water partition coefficient (Wildman–Crippen LogP) is 3.38. The molecule has 118 valence electrons. The van der Waals surface area contributed by atoms with Crippen molar-refractivity contribution >= 4 is 0 Å². The molecule has 0 saturated carbocycles. The van der Waals surface area contributed by atoms with E-state index in [1.165, 1.54) is 22.3 Å². The van der Waals surface area contributed by atoms with E-state index in [1.807, 2.05) is 4.68 Å². The highest BCUT2D eigenvalue weighted by molar-refractivity contribution is 5.63. The lowest BCUT2D eigenvalue weighted by molar-refractivity contribution is 0.652. The Bertz CT molecular complexity index is 833. The van der Waals surface area contributed by atoms with E-state index >= 15 is 0 Å². The first kappa shape index (κ1) is 15.4. The van der Waals surface area contributed by atoms with Gasteiger partial charge in [0.15, 0.2) is 0 Å². The first-order chi connectivity index (χ1) is 11.1. The van der Waals surface area contributed by atoms with Crippen molar-refractivity contribution in [2.24, 2.45) is 5.73 Å². The summed E-state index contributed by atoms with van der Waals surface area (Å²) in [6.45, 7) is 7.44. The van der Waals surface area contributed by atoms with Crippen LogP contribution in [-0.4, -0.2) is 15.0 Å². The van der Waals surface area contributed by atoms with Gasteiger partial charge in [-0.25, -0.2) is 4.68 Å². The van der Waals surface area contributed by atoms with Crippen LogP contribution in [0.25, 0.3) is 11.3 Å². The Hall–Kier alpha value is -2.46. The van der Waals surface area contributed by atoms with Gasteiger partial charge in [0, 0.05) is 12.1 Å². The van der Waals surface area contributed by atoms with Crippen LogP contribution in [0.5, 0.6) is 0 Å². The molecular formula is C19H22N4. The summed E-state index contributed by atoms with van der Waals surface area (Å²) in [6.07, 6.45) is 0. The fourth-order valence-electron chi connectivity index (χ4n) is 2.75. The molecule has 3 aromatic rings. The summed E-state index contributed by atoms with van der Waals surface area (Å²) in [5, 5.41) is 8.62. The minimum Gasteiger partial charge on any atom is -0.325 e. The lowest BCUT2D eigenvalue weighted by atomic mass is 10.0. The van der Waals surface area contributed by atoms with E-state index in [4.69, 9.17) is 5.73 Å². The highest BCUT2D eigenvalue weighted by atomic mass is 15.4. The predicted molar refractivity (Wildman–Crippen MR) is 93.1 cm³/mol. The van der Waals surface area contributed by atoms with Gasteiger partial charge in [-0.2, -0.15) is 0 Å². The molecule has 0 atom stereocenters. The molecule has 0 saturated heterocycles. The molecule has 0 aliphatic heterocycles. The van der Waals surface area contributed by atoms with Crippen LogP contribution in [0.4, 0.5) is 0 Å². The summed E-state index contributed by atoms with van der Waals surface area (Å²) in [7, 11) is 0. The van der Waals surface area contributed by atoms with Crippen molar-refractivity contribution < 1.29 is 0 Å². The van der Waals surface area contributed by atoms with Crippen LogP contribution in [-0.2, 0) is 13.1 Å². The van der Waals surface area contributed by atoms with Gasteiger partial charge in [-0.1, -0.05) is 41.6 Å². The van der Waals surface area contributed by atoms with Crippen LogP contribution >= 0.6 is 0 Å². The van der Waals surface area contributed by atoms with Crippen molar-refractivity contribution in [1.29, 1.82) is 0 Å². The molecule has 2 N–H and O–H groups in total. The van der Waals surface area contributed by atoms with E-state index < -0.39 is 0 Å². The van der Waals surface area contributed by atoms with Gasteiger partial charge < -0.3 is 5.73 Å². The minimum atomic E-state index is 0.385. The van der Waals surface area contributed by atoms with Crippen molar-refractivity contribution in [3.8, 4) is 11.3 Å². The maximum atomic E-state index is 5.88. The highest BCUT2D eigenvalue weighted by Crippen LogP contribution is 2.25. The Kier molecular flexibility index (Phi) is 4.26. The van der Waals surface area contributed by atoms with Gasteiger partial charge in [0.1, 0.15) is 5.69 Å². The zero-order valence-corrected chi connectivity index (χ0v) is 13.9. The number of aryl methyl sites for hydroxylation is 3. The number of aromatic nitrogens is 3. The first-order valence-corrected chi connectivity index (χ1v) is 7.84. The molecule has 0 fully saturated rings. The van der Waals surface area contributed by atoms with Gasteiger partial charge in [0.2, 0.25) is 0 Å². The third-order valence-corrected chi connectivity index (χ3v) is 4.36. The third kappa shape index (κ3) is 3.03. The lowest BCUT2D eigenvalue weighted by Crippen LogP contribution is -2.07. The minimum absolute atomic E-state index is 0.385. The average Bonchev–Trinajstić information content (AvgIpc) is 2.95. The molecule has 0 radical (unpaired) electrons. The van der Waals surface area contributed by atoms with Gasteiger partial charge in [0.05, 0.1) is 12.2 Å². The molecule has 1 aromatic heterocycles. The number of nitrogens with two attached hydrogens (primary N) is 1. The number of hydrogen-bond acceptors (Lipinski definition) is 3.